The van der Waals surface area contributed by atoms with Crippen LogP contribution in [-0.2, 0) is 9.59 Å². The van der Waals surface area contributed by atoms with Crippen molar-refractivity contribution in [1.82, 2.24) is 0 Å². The molecule has 3 rings (SSSR count). The molecule has 0 aliphatic heterocycles. The lowest BCUT2D eigenvalue weighted by molar-refractivity contribution is -0.136. The number of benzene rings is 1. The number of ketones is 2. The van der Waals surface area contributed by atoms with Crippen molar-refractivity contribution in [2.24, 2.45) is 11.3 Å². The Balaban J connectivity index is 2.25. The van der Waals surface area contributed by atoms with Crippen LogP contribution in [0.3, 0.4) is 0 Å². The predicted molar refractivity (Wildman–Crippen MR) is 90.7 cm³/mol. The van der Waals surface area contributed by atoms with Gasteiger partial charge in [-0.15, -0.1) is 0 Å². The maximum Gasteiger partial charge on any atom is 0.343 e. The number of phenols is 1. The minimum absolute atomic E-state index is 0.0421. The molecule has 1 aromatic carbocycles. The molecule has 0 saturated heterocycles. The van der Waals surface area contributed by atoms with E-state index in [1.54, 1.807) is 0 Å². The molecule has 1 saturated carbocycles. The second-order valence-electron chi connectivity index (χ2n) is 7.54. The first-order valence-electron chi connectivity index (χ1n) is 8.12. The third-order valence-electron chi connectivity index (χ3n) is 4.88. The molecule has 132 valence electrons. The van der Waals surface area contributed by atoms with Crippen LogP contribution in [0.4, 0.5) is 0 Å². The Hall–Kier alpha value is -2.63. The maximum absolute atomic E-state index is 12.5. The zero-order valence-corrected chi connectivity index (χ0v) is 14.3. The van der Waals surface area contributed by atoms with Gasteiger partial charge in [0, 0.05) is 18.4 Å². The Kier molecular flexibility index (Phi) is 3.94. The summed E-state index contributed by atoms with van der Waals surface area (Å²) in [7, 11) is 0. The minimum atomic E-state index is -0.962. The summed E-state index contributed by atoms with van der Waals surface area (Å²) in [6.45, 7) is 5.11. The molecule has 0 spiro atoms. The largest absolute Gasteiger partial charge is 0.508 e. The first kappa shape index (κ1) is 17.2. The van der Waals surface area contributed by atoms with E-state index >= 15 is 0 Å². The average molecular weight is 344 g/mol. The van der Waals surface area contributed by atoms with Crippen LogP contribution in [0.2, 0.25) is 0 Å². The molecule has 6 nitrogen and oxygen atoms in total. The molecule has 0 radical (unpaired) electrons. The number of phenolic OH excluding ortho intramolecular Hbond substituents is 1. The van der Waals surface area contributed by atoms with Gasteiger partial charge in [0.15, 0.2) is 0 Å². The lowest BCUT2D eigenvalue weighted by Crippen LogP contribution is -2.40. The summed E-state index contributed by atoms with van der Waals surface area (Å²) in [5.41, 5.74) is -1.18. The lowest BCUT2D eigenvalue weighted by atomic mass is 9.63. The van der Waals surface area contributed by atoms with Gasteiger partial charge in [0.05, 0.1) is 16.9 Å². The molecule has 2 atom stereocenters. The van der Waals surface area contributed by atoms with Crippen molar-refractivity contribution in [2.45, 2.75) is 39.5 Å². The van der Waals surface area contributed by atoms with Crippen LogP contribution < -0.4 is 5.63 Å². The number of hydrogen-bond acceptors (Lipinski definition) is 6. The van der Waals surface area contributed by atoms with Crippen molar-refractivity contribution in [2.75, 3.05) is 0 Å². The monoisotopic (exact) mass is 344 g/mol. The number of Topliss-reactive ketones (excluding diaryl/α,β-unsaturated/α-hetero) is 2. The molecule has 1 heterocycles. The van der Waals surface area contributed by atoms with Crippen LogP contribution >= 0.6 is 0 Å². The van der Waals surface area contributed by atoms with Gasteiger partial charge in [-0.2, -0.15) is 0 Å². The second kappa shape index (κ2) is 5.72. The SMILES string of the molecule is CC(=O)C1C(=O)CC(C)(C)CC1c1c(O)c2ccc(O)cc2oc1=O. The Labute approximate surface area is 144 Å². The van der Waals surface area contributed by atoms with Crippen molar-refractivity contribution in [3.05, 3.63) is 34.2 Å². The van der Waals surface area contributed by atoms with Crippen molar-refractivity contribution < 1.29 is 24.2 Å². The zero-order chi connectivity index (χ0) is 18.5. The Morgan fingerprint density at radius 2 is 1.92 bits per heavy atom. The number of carbonyl (C=O) groups is 2. The Morgan fingerprint density at radius 3 is 2.56 bits per heavy atom. The van der Waals surface area contributed by atoms with Gasteiger partial charge in [-0.05, 0) is 30.9 Å². The van der Waals surface area contributed by atoms with Crippen molar-refractivity contribution >= 4 is 22.5 Å². The standard InChI is InChI=1S/C19H20O6/c1-9(20)15-12(7-19(2,3)8-13(15)22)16-17(23)11-5-4-10(21)6-14(11)25-18(16)24/h4-6,12,15,21,23H,7-8H2,1-3H3. The van der Waals surface area contributed by atoms with Crippen LogP contribution in [0, 0.1) is 11.3 Å². The first-order chi connectivity index (χ1) is 11.6. The molecule has 1 fully saturated rings. The van der Waals surface area contributed by atoms with Gasteiger partial charge < -0.3 is 14.6 Å². The van der Waals surface area contributed by atoms with Gasteiger partial charge in [0.2, 0.25) is 0 Å². The molecule has 2 aromatic rings. The Morgan fingerprint density at radius 1 is 1.24 bits per heavy atom. The van der Waals surface area contributed by atoms with E-state index in [-0.39, 0.29) is 46.0 Å². The van der Waals surface area contributed by atoms with E-state index in [0.29, 0.717) is 6.42 Å². The van der Waals surface area contributed by atoms with Gasteiger partial charge in [0.25, 0.3) is 0 Å². The molecule has 2 N–H and O–H groups in total. The fourth-order valence-corrected chi connectivity index (χ4v) is 3.88. The van der Waals surface area contributed by atoms with Crippen molar-refractivity contribution in [3.63, 3.8) is 0 Å². The minimum Gasteiger partial charge on any atom is -0.508 e. The first-order valence-corrected chi connectivity index (χ1v) is 8.12. The second-order valence-corrected chi connectivity index (χ2v) is 7.54. The molecule has 1 aromatic heterocycles. The fourth-order valence-electron chi connectivity index (χ4n) is 3.88. The molecule has 1 aliphatic rings. The van der Waals surface area contributed by atoms with Crippen LogP contribution in [-0.4, -0.2) is 21.8 Å². The quantitative estimate of drug-likeness (QED) is 0.641. The van der Waals surface area contributed by atoms with Crippen molar-refractivity contribution in [1.29, 1.82) is 0 Å². The summed E-state index contributed by atoms with van der Waals surface area (Å²) in [6, 6.07) is 4.04. The maximum atomic E-state index is 12.5. The number of carbonyl (C=O) groups excluding carboxylic acids is 2. The third-order valence-corrected chi connectivity index (χ3v) is 4.88. The summed E-state index contributed by atoms with van der Waals surface area (Å²) in [5.74, 6) is -2.64. The van der Waals surface area contributed by atoms with Gasteiger partial charge >= 0.3 is 5.63 Å². The normalized spacial score (nSPS) is 22.9. The van der Waals surface area contributed by atoms with E-state index in [0.717, 1.165) is 0 Å². The van der Waals surface area contributed by atoms with Gasteiger partial charge in [-0.1, -0.05) is 13.8 Å². The molecule has 6 heteroatoms. The number of rotatable bonds is 2. The fraction of sp³-hybridized carbons (Fsp3) is 0.421. The van der Waals surface area contributed by atoms with Gasteiger partial charge in [0.1, 0.15) is 28.6 Å². The molecule has 0 bridgehead atoms. The van der Waals surface area contributed by atoms with Crippen LogP contribution in [0.5, 0.6) is 11.5 Å². The van der Waals surface area contributed by atoms with E-state index in [1.165, 1.54) is 25.1 Å². The highest BCUT2D eigenvalue weighted by Gasteiger charge is 2.45. The van der Waals surface area contributed by atoms with Crippen LogP contribution in [0.15, 0.2) is 27.4 Å². The predicted octanol–water partition coefficient (Wildman–Crippen LogP) is 2.88. The number of aromatic hydroxyl groups is 2. The van der Waals surface area contributed by atoms with Crippen molar-refractivity contribution in [3.8, 4) is 11.5 Å². The Bertz CT molecular complexity index is 937. The summed E-state index contributed by atoms with van der Waals surface area (Å²) in [5, 5.41) is 20.4. The summed E-state index contributed by atoms with van der Waals surface area (Å²) in [6.07, 6.45) is 0.659. The highest BCUT2D eigenvalue weighted by Crippen LogP contribution is 2.47. The van der Waals surface area contributed by atoms with E-state index < -0.39 is 22.9 Å². The van der Waals surface area contributed by atoms with Gasteiger partial charge in [-0.3, -0.25) is 9.59 Å². The molecule has 1 aliphatic carbocycles. The summed E-state index contributed by atoms with van der Waals surface area (Å²) in [4.78, 5) is 37.1. The molecule has 25 heavy (non-hydrogen) atoms. The molecular weight excluding hydrogens is 324 g/mol. The topological polar surface area (TPSA) is 105 Å². The van der Waals surface area contributed by atoms with Gasteiger partial charge in [-0.25, -0.2) is 4.79 Å². The number of fused-ring (bicyclic) bond motifs is 1. The van der Waals surface area contributed by atoms with Crippen LogP contribution in [0.1, 0.15) is 45.1 Å². The third kappa shape index (κ3) is 2.92. The van der Waals surface area contributed by atoms with E-state index in [9.17, 15) is 24.6 Å². The van der Waals surface area contributed by atoms with E-state index in [2.05, 4.69) is 0 Å². The van der Waals surface area contributed by atoms with Crippen LogP contribution in [0.25, 0.3) is 11.0 Å². The average Bonchev–Trinajstić information content (AvgIpc) is 2.44. The van der Waals surface area contributed by atoms with E-state index in [1.807, 2.05) is 13.8 Å². The smallest absolute Gasteiger partial charge is 0.343 e. The summed E-state index contributed by atoms with van der Waals surface area (Å²) < 4.78 is 5.24. The molecule has 0 amide bonds. The molecule has 2 unspecified atom stereocenters. The summed E-state index contributed by atoms with van der Waals surface area (Å²) >= 11 is 0. The van der Waals surface area contributed by atoms with E-state index in [4.69, 9.17) is 4.42 Å². The molecular formula is C19H20O6. The zero-order valence-electron chi connectivity index (χ0n) is 14.3. The highest BCUT2D eigenvalue weighted by molar-refractivity contribution is 6.03. The number of hydrogen-bond donors (Lipinski definition) is 2. The lowest BCUT2D eigenvalue weighted by Gasteiger charge is -2.38. The highest BCUT2D eigenvalue weighted by atomic mass is 16.4.